The Morgan fingerprint density at radius 3 is 2.17 bits per heavy atom. The SMILES string of the molecule is CCOC(=O)C(C)(CC1CCOC1)C(=O)OCC. The number of hydrogen-bond acceptors (Lipinski definition) is 5. The van der Waals surface area contributed by atoms with E-state index in [2.05, 4.69) is 0 Å². The van der Waals surface area contributed by atoms with Crippen molar-refractivity contribution in [1.82, 2.24) is 0 Å². The molecule has 0 N–H and O–H groups in total. The predicted octanol–water partition coefficient (Wildman–Crippen LogP) is 1.55. The molecule has 0 radical (unpaired) electrons. The van der Waals surface area contributed by atoms with Crippen LogP contribution in [-0.2, 0) is 23.8 Å². The standard InChI is InChI=1S/C13H22O5/c1-4-17-11(14)13(3,12(15)18-5-2)8-10-6-7-16-9-10/h10H,4-9H2,1-3H3. The minimum atomic E-state index is -1.22. The second kappa shape index (κ2) is 6.73. The highest BCUT2D eigenvalue weighted by atomic mass is 16.6. The van der Waals surface area contributed by atoms with Crippen molar-refractivity contribution in [2.45, 2.75) is 33.6 Å². The van der Waals surface area contributed by atoms with E-state index in [4.69, 9.17) is 14.2 Å². The summed E-state index contributed by atoms with van der Waals surface area (Å²) in [5, 5.41) is 0. The molecule has 1 heterocycles. The van der Waals surface area contributed by atoms with Crippen LogP contribution in [0.2, 0.25) is 0 Å². The van der Waals surface area contributed by atoms with Crippen molar-refractivity contribution in [3.8, 4) is 0 Å². The van der Waals surface area contributed by atoms with Crippen LogP contribution < -0.4 is 0 Å². The second-order valence-electron chi connectivity index (χ2n) is 4.71. The molecule has 0 saturated carbocycles. The molecule has 1 saturated heterocycles. The van der Waals surface area contributed by atoms with Crippen molar-refractivity contribution in [3.63, 3.8) is 0 Å². The van der Waals surface area contributed by atoms with Gasteiger partial charge in [0.15, 0.2) is 5.41 Å². The summed E-state index contributed by atoms with van der Waals surface area (Å²) < 4.78 is 15.3. The van der Waals surface area contributed by atoms with Crippen LogP contribution in [0.1, 0.15) is 33.6 Å². The Bertz CT molecular complexity index is 276. The zero-order valence-electron chi connectivity index (χ0n) is 11.4. The molecular weight excluding hydrogens is 236 g/mol. The van der Waals surface area contributed by atoms with Crippen LogP contribution >= 0.6 is 0 Å². The van der Waals surface area contributed by atoms with Crippen LogP contribution in [0.4, 0.5) is 0 Å². The van der Waals surface area contributed by atoms with E-state index in [-0.39, 0.29) is 19.1 Å². The van der Waals surface area contributed by atoms with E-state index in [9.17, 15) is 9.59 Å². The molecule has 0 aromatic carbocycles. The maximum absolute atomic E-state index is 12.0. The lowest BCUT2D eigenvalue weighted by Gasteiger charge is -2.27. The van der Waals surface area contributed by atoms with Gasteiger partial charge < -0.3 is 14.2 Å². The third-order valence-electron chi connectivity index (χ3n) is 3.17. The minimum Gasteiger partial charge on any atom is -0.465 e. The highest BCUT2D eigenvalue weighted by Crippen LogP contribution is 2.33. The Hall–Kier alpha value is -1.10. The number of hydrogen-bond donors (Lipinski definition) is 0. The molecule has 0 aliphatic carbocycles. The molecule has 1 fully saturated rings. The fourth-order valence-corrected chi connectivity index (χ4v) is 2.15. The van der Waals surface area contributed by atoms with Gasteiger partial charge in [-0.15, -0.1) is 0 Å². The molecule has 1 rings (SSSR count). The molecule has 1 aliphatic rings. The molecule has 0 amide bonds. The van der Waals surface area contributed by atoms with Gasteiger partial charge in [-0.25, -0.2) is 0 Å². The minimum absolute atomic E-state index is 0.212. The van der Waals surface area contributed by atoms with Crippen molar-refractivity contribution in [1.29, 1.82) is 0 Å². The first-order chi connectivity index (χ1) is 8.54. The molecule has 1 unspecified atom stereocenters. The topological polar surface area (TPSA) is 61.8 Å². The summed E-state index contributed by atoms with van der Waals surface area (Å²) in [4.78, 5) is 24.0. The Labute approximate surface area is 108 Å². The van der Waals surface area contributed by atoms with Gasteiger partial charge in [0.1, 0.15) is 0 Å². The molecule has 1 aliphatic heterocycles. The van der Waals surface area contributed by atoms with Crippen molar-refractivity contribution < 1.29 is 23.8 Å². The quantitative estimate of drug-likeness (QED) is 0.534. The zero-order chi connectivity index (χ0) is 13.6. The van der Waals surface area contributed by atoms with Crippen molar-refractivity contribution in [2.75, 3.05) is 26.4 Å². The third kappa shape index (κ3) is 3.45. The molecule has 104 valence electrons. The van der Waals surface area contributed by atoms with E-state index in [0.717, 1.165) is 6.42 Å². The van der Waals surface area contributed by atoms with Gasteiger partial charge >= 0.3 is 11.9 Å². The number of esters is 2. The molecule has 18 heavy (non-hydrogen) atoms. The first-order valence-electron chi connectivity index (χ1n) is 6.46. The monoisotopic (exact) mass is 258 g/mol. The summed E-state index contributed by atoms with van der Waals surface area (Å²) in [5.74, 6) is -0.797. The molecule has 5 heteroatoms. The number of rotatable bonds is 6. The summed E-state index contributed by atoms with van der Waals surface area (Å²) in [7, 11) is 0. The molecule has 0 bridgehead atoms. The Balaban J connectivity index is 2.77. The second-order valence-corrected chi connectivity index (χ2v) is 4.71. The van der Waals surface area contributed by atoms with Gasteiger partial charge in [0.2, 0.25) is 0 Å². The van der Waals surface area contributed by atoms with Gasteiger partial charge in [0, 0.05) is 13.2 Å². The smallest absolute Gasteiger partial charge is 0.323 e. The van der Waals surface area contributed by atoms with Crippen LogP contribution in [0, 0.1) is 11.3 Å². The largest absolute Gasteiger partial charge is 0.465 e. The van der Waals surface area contributed by atoms with Crippen LogP contribution in [-0.4, -0.2) is 38.4 Å². The van der Waals surface area contributed by atoms with Crippen LogP contribution in [0.15, 0.2) is 0 Å². The maximum Gasteiger partial charge on any atom is 0.323 e. The van der Waals surface area contributed by atoms with Gasteiger partial charge in [-0.05, 0) is 39.5 Å². The highest BCUT2D eigenvalue weighted by Gasteiger charge is 2.46. The number of ether oxygens (including phenoxy) is 3. The van der Waals surface area contributed by atoms with Crippen molar-refractivity contribution in [3.05, 3.63) is 0 Å². The molecule has 0 aromatic rings. The van der Waals surface area contributed by atoms with Gasteiger partial charge in [-0.1, -0.05) is 0 Å². The average Bonchev–Trinajstić information content (AvgIpc) is 2.82. The molecule has 5 nitrogen and oxygen atoms in total. The van der Waals surface area contributed by atoms with Gasteiger partial charge in [0.05, 0.1) is 13.2 Å². The Morgan fingerprint density at radius 1 is 1.22 bits per heavy atom. The predicted molar refractivity (Wildman–Crippen MR) is 64.9 cm³/mol. The van der Waals surface area contributed by atoms with E-state index in [1.807, 2.05) is 0 Å². The molecule has 1 atom stereocenters. The third-order valence-corrected chi connectivity index (χ3v) is 3.17. The summed E-state index contributed by atoms with van der Waals surface area (Å²) >= 11 is 0. The lowest BCUT2D eigenvalue weighted by Crippen LogP contribution is -2.41. The van der Waals surface area contributed by atoms with E-state index in [0.29, 0.717) is 19.6 Å². The van der Waals surface area contributed by atoms with E-state index < -0.39 is 17.4 Å². The van der Waals surface area contributed by atoms with Crippen LogP contribution in [0.5, 0.6) is 0 Å². The Morgan fingerprint density at radius 2 is 1.78 bits per heavy atom. The van der Waals surface area contributed by atoms with Crippen molar-refractivity contribution >= 4 is 11.9 Å². The van der Waals surface area contributed by atoms with Crippen molar-refractivity contribution in [2.24, 2.45) is 11.3 Å². The normalized spacial score (nSPS) is 19.6. The lowest BCUT2D eigenvalue weighted by atomic mass is 9.80. The fourth-order valence-electron chi connectivity index (χ4n) is 2.15. The zero-order valence-corrected chi connectivity index (χ0v) is 11.4. The maximum atomic E-state index is 12.0. The number of carbonyl (C=O) groups excluding carboxylic acids is 2. The van der Waals surface area contributed by atoms with E-state index in [1.165, 1.54) is 0 Å². The molecule has 0 aromatic heterocycles. The number of carbonyl (C=O) groups is 2. The van der Waals surface area contributed by atoms with Gasteiger partial charge in [-0.3, -0.25) is 9.59 Å². The summed E-state index contributed by atoms with van der Waals surface area (Å²) in [6.45, 7) is 6.84. The molecule has 0 spiro atoms. The molecular formula is C13H22O5. The van der Waals surface area contributed by atoms with E-state index in [1.54, 1.807) is 20.8 Å². The van der Waals surface area contributed by atoms with Crippen LogP contribution in [0.3, 0.4) is 0 Å². The van der Waals surface area contributed by atoms with Gasteiger partial charge in [-0.2, -0.15) is 0 Å². The lowest BCUT2D eigenvalue weighted by molar-refractivity contribution is -0.172. The Kier molecular flexibility index (Phi) is 5.59. The summed E-state index contributed by atoms with van der Waals surface area (Å²) in [5.41, 5.74) is -1.22. The fraction of sp³-hybridized carbons (Fsp3) is 0.846. The summed E-state index contributed by atoms with van der Waals surface area (Å²) in [6, 6.07) is 0. The average molecular weight is 258 g/mol. The first-order valence-corrected chi connectivity index (χ1v) is 6.46. The van der Waals surface area contributed by atoms with Crippen LogP contribution in [0.25, 0.3) is 0 Å². The van der Waals surface area contributed by atoms with Gasteiger partial charge in [0.25, 0.3) is 0 Å². The summed E-state index contributed by atoms with van der Waals surface area (Å²) in [6.07, 6.45) is 1.29. The highest BCUT2D eigenvalue weighted by molar-refractivity contribution is 5.99. The van der Waals surface area contributed by atoms with E-state index >= 15 is 0 Å². The first kappa shape index (κ1) is 15.0.